The van der Waals surface area contributed by atoms with Gasteiger partial charge in [0.25, 0.3) is 0 Å². The molecule has 6 nitrogen and oxygen atoms in total. The van der Waals surface area contributed by atoms with E-state index in [1.165, 1.54) is 0 Å². The van der Waals surface area contributed by atoms with Crippen LogP contribution >= 0.6 is 40.5 Å². The molecule has 1 saturated carbocycles. The van der Waals surface area contributed by atoms with Crippen molar-refractivity contribution in [3.63, 3.8) is 0 Å². The van der Waals surface area contributed by atoms with Gasteiger partial charge in [0.05, 0.1) is 24.1 Å². The summed E-state index contributed by atoms with van der Waals surface area (Å²) in [5.41, 5.74) is 2.48. The highest BCUT2D eigenvalue weighted by Crippen LogP contribution is 2.43. The lowest BCUT2D eigenvalue weighted by atomic mass is 9.72. The number of hydrogen-bond donors (Lipinski definition) is 1. The fraction of sp³-hybridized carbons (Fsp3) is 0.286. The first kappa shape index (κ1) is 30.6. The number of aliphatic carboxylic acids is 1. The molecule has 2 aliphatic heterocycles. The molecule has 3 aliphatic rings. The summed E-state index contributed by atoms with van der Waals surface area (Å²) in [4.78, 5) is 29.8. The van der Waals surface area contributed by atoms with Crippen molar-refractivity contribution in [2.24, 2.45) is 5.92 Å². The standard InChI is InChI=1S/C28H28N2O4.3H2S/c31-27(32)26-24-17-16-23(18-25(24)34-19-20-10-4-1-5-11-20)30(26)28(33)29(21-12-6-2-7-13-21)22-14-8-3-9-15-22;;;/h1-15,23-26H,16-19H2,(H,31,32);3*1H2/t23-,24+,25?,26-;;;/m0.../s1. The van der Waals surface area contributed by atoms with Gasteiger partial charge in [-0.15, -0.1) is 0 Å². The predicted octanol–water partition coefficient (Wildman–Crippen LogP) is 5.81. The summed E-state index contributed by atoms with van der Waals surface area (Å²) in [5.74, 6) is -1.22. The maximum Gasteiger partial charge on any atom is 0.330 e. The zero-order valence-electron chi connectivity index (χ0n) is 20.4. The zero-order valence-corrected chi connectivity index (χ0v) is 23.4. The number of urea groups is 1. The van der Waals surface area contributed by atoms with E-state index in [-0.39, 0.29) is 64.6 Å². The number of piperidine rings is 2. The highest BCUT2D eigenvalue weighted by atomic mass is 32.1. The third-order valence-electron chi connectivity index (χ3n) is 6.91. The summed E-state index contributed by atoms with van der Waals surface area (Å²) in [6.07, 6.45) is 1.97. The second-order valence-electron chi connectivity index (χ2n) is 8.95. The van der Waals surface area contributed by atoms with Gasteiger partial charge in [0.1, 0.15) is 6.04 Å². The van der Waals surface area contributed by atoms with Crippen LogP contribution in [0.25, 0.3) is 0 Å². The van der Waals surface area contributed by atoms with Crippen molar-refractivity contribution in [2.45, 2.75) is 44.1 Å². The molecule has 1 unspecified atom stereocenters. The molecule has 9 heteroatoms. The molecule has 3 fully saturated rings. The van der Waals surface area contributed by atoms with Crippen molar-refractivity contribution in [3.05, 3.63) is 96.6 Å². The highest BCUT2D eigenvalue weighted by molar-refractivity contribution is 7.59. The van der Waals surface area contributed by atoms with E-state index in [4.69, 9.17) is 4.74 Å². The molecular formula is C28H34N2O4S3. The fourth-order valence-corrected chi connectivity index (χ4v) is 5.36. The van der Waals surface area contributed by atoms with E-state index in [0.29, 0.717) is 24.4 Å². The van der Waals surface area contributed by atoms with E-state index < -0.39 is 12.0 Å². The highest BCUT2D eigenvalue weighted by Gasteiger charge is 2.53. The molecular weight excluding hydrogens is 525 g/mol. The van der Waals surface area contributed by atoms with Crippen LogP contribution in [0.15, 0.2) is 91.0 Å². The van der Waals surface area contributed by atoms with Crippen LogP contribution in [-0.2, 0) is 16.1 Å². The Labute approximate surface area is 239 Å². The molecule has 4 atom stereocenters. The van der Waals surface area contributed by atoms with Crippen LogP contribution in [0.3, 0.4) is 0 Å². The maximum atomic E-state index is 14.0. The minimum atomic E-state index is -0.975. The largest absolute Gasteiger partial charge is 0.480 e. The Hall–Kier alpha value is -2.59. The molecule has 3 aromatic carbocycles. The van der Waals surface area contributed by atoms with Gasteiger partial charge >= 0.3 is 12.0 Å². The third kappa shape index (κ3) is 6.46. The van der Waals surface area contributed by atoms with E-state index in [9.17, 15) is 14.7 Å². The number of rotatable bonds is 6. The van der Waals surface area contributed by atoms with E-state index in [0.717, 1.165) is 18.4 Å². The average Bonchev–Trinajstić information content (AvgIpc) is 2.89. The Morgan fingerprint density at radius 3 is 1.84 bits per heavy atom. The molecule has 0 radical (unpaired) electrons. The number of carbonyl (C=O) groups excluding carboxylic acids is 1. The number of benzene rings is 3. The van der Waals surface area contributed by atoms with E-state index in [1.54, 1.807) is 9.80 Å². The molecule has 2 saturated heterocycles. The van der Waals surface area contributed by atoms with E-state index in [2.05, 4.69) is 0 Å². The third-order valence-corrected chi connectivity index (χ3v) is 6.91. The van der Waals surface area contributed by atoms with Crippen molar-refractivity contribution in [1.82, 2.24) is 4.90 Å². The van der Waals surface area contributed by atoms with Gasteiger partial charge < -0.3 is 14.7 Å². The Morgan fingerprint density at radius 1 is 0.811 bits per heavy atom. The van der Waals surface area contributed by atoms with Gasteiger partial charge in [-0.2, -0.15) is 40.5 Å². The fourth-order valence-electron chi connectivity index (χ4n) is 5.36. The van der Waals surface area contributed by atoms with E-state index in [1.807, 2.05) is 91.0 Å². The van der Waals surface area contributed by atoms with E-state index >= 15 is 0 Å². The quantitative estimate of drug-likeness (QED) is 0.415. The molecule has 2 heterocycles. The molecule has 2 bridgehead atoms. The number of ether oxygens (including phenoxy) is 1. The lowest BCUT2D eigenvalue weighted by molar-refractivity contribution is -0.161. The predicted molar refractivity (Wildman–Crippen MR) is 161 cm³/mol. The summed E-state index contributed by atoms with van der Waals surface area (Å²) in [7, 11) is 0. The van der Waals surface area contributed by atoms with Crippen molar-refractivity contribution < 1.29 is 19.4 Å². The number of carboxylic acid groups (broad SMARTS) is 1. The van der Waals surface area contributed by atoms with Crippen LogP contribution in [0.5, 0.6) is 0 Å². The first-order valence-corrected chi connectivity index (χ1v) is 11.7. The SMILES string of the molecule is O=C(O)[C@@H]1[C@@H]2CC[C@@H](CC2OCc2ccccc2)N1C(=O)N(c1ccccc1)c1ccccc1.S.S.S. The second-order valence-corrected chi connectivity index (χ2v) is 8.95. The average molecular weight is 559 g/mol. The Balaban J connectivity index is 0.00000160. The molecule has 3 aromatic rings. The number of fused-ring (bicyclic) bond motifs is 3. The number of hydrogen-bond acceptors (Lipinski definition) is 3. The first-order chi connectivity index (χ1) is 16.6. The number of amides is 2. The monoisotopic (exact) mass is 558 g/mol. The minimum absolute atomic E-state index is 0. The minimum Gasteiger partial charge on any atom is -0.480 e. The summed E-state index contributed by atoms with van der Waals surface area (Å²) in [6.45, 7) is 0.440. The molecule has 6 rings (SSSR count). The van der Waals surface area contributed by atoms with Gasteiger partial charge in [-0.05, 0) is 49.1 Å². The first-order valence-electron chi connectivity index (χ1n) is 11.7. The summed E-state index contributed by atoms with van der Waals surface area (Å²) < 4.78 is 6.23. The molecule has 0 aromatic heterocycles. The molecule has 37 heavy (non-hydrogen) atoms. The van der Waals surface area contributed by atoms with Crippen molar-refractivity contribution >= 4 is 63.9 Å². The normalized spacial score (nSPS) is 21.6. The number of anilines is 2. The number of carbonyl (C=O) groups is 2. The molecule has 0 spiro atoms. The number of para-hydroxylation sites is 2. The van der Waals surface area contributed by atoms with Crippen LogP contribution < -0.4 is 4.90 Å². The lowest BCUT2D eigenvalue weighted by Gasteiger charge is -2.53. The van der Waals surface area contributed by atoms with Gasteiger partial charge in [0, 0.05) is 12.0 Å². The molecule has 1 N–H and O–H groups in total. The van der Waals surface area contributed by atoms with Crippen LogP contribution in [0.2, 0.25) is 0 Å². The Kier molecular flexibility index (Phi) is 11.4. The van der Waals surface area contributed by atoms with Crippen molar-refractivity contribution in [3.8, 4) is 0 Å². The molecule has 1 aliphatic carbocycles. The van der Waals surface area contributed by atoms with Crippen LogP contribution in [0.1, 0.15) is 24.8 Å². The zero-order chi connectivity index (χ0) is 23.5. The Bertz CT molecular complexity index is 1100. The summed E-state index contributed by atoms with van der Waals surface area (Å²) >= 11 is 0. The van der Waals surface area contributed by atoms with Crippen molar-refractivity contribution in [2.75, 3.05) is 4.90 Å². The van der Waals surface area contributed by atoms with Gasteiger partial charge in [0.2, 0.25) is 0 Å². The van der Waals surface area contributed by atoms with Gasteiger partial charge in [-0.25, -0.2) is 9.59 Å². The van der Waals surface area contributed by atoms with Crippen molar-refractivity contribution in [1.29, 1.82) is 0 Å². The van der Waals surface area contributed by atoms with Crippen LogP contribution in [-0.4, -0.2) is 40.2 Å². The molecule has 2 amide bonds. The second kappa shape index (κ2) is 13.8. The molecule has 198 valence electrons. The van der Waals surface area contributed by atoms with Gasteiger partial charge in [0.15, 0.2) is 0 Å². The van der Waals surface area contributed by atoms with Gasteiger partial charge in [-0.1, -0.05) is 66.7 Å². The van der Waals surface area contributed by atoms with Crippen LogP contribution in [0, 0.1) is 5.92 Å². The van der Waals surface area contributed by atoms with Gasteiger partial charge in [-0.3, -0.25) is 4.90 Å². The number of carboxylic acids is 1. The maximum absolute atomic E-state index is 14.0. The smallest absolute Gasteiger partial charge is 0.330 e. The summed E-state index contributed by atoms with van der Waals surface area (Å²) in [5, 5.41) is 10.2. The topological polar surface area (TPSA) is 70.1 Å². The van der Waals surface area contributed by atoms with Crippen LogP contribution in [0.4, 0.5) is 16.2 Å². The number of nitrogens with zero attached hydrogens (tertiary/aromatic N) is 2. The lowest BCUT2D eigenvalue weighted by Crippen LogP contribution is -2.66. The summed E-state index contributed by atoms with van der Waals surface area (Å²) in [6, 6.07) is 27.3. The Morgan fingerprint density at radius 2 is 1.32 bits per heavy atom.